The maximum absolute atomic E-state index is 12.8. The molecule has 0 atom stereocenters. The third-order valence-corrected chi connectivity index (χ3v) is 5.27. The van der Waals surface area contributed by atoms with E-state index < -0.39 is 7.12 Å². The summed E-state index contributed by atoms with van der Waals surface area (Å²) >= 11 is 3.34. The number of hydrogen-bond donors (Lipinski definition) is 3. The van der Waals surface area contributed by atoms with E-state index in [9.17, 15) is 9.59 Å². The quantitative estimate of drug-likeness (QED) is 0.245. The molecule has 6 nitrogen and oxygen atoms in total. The number of nitrogen functional groups attached to an aromatic ring is 1. The van der Waals surface area contributed by atoms with Crippen LogP contribution in [0.15, 0.2) is 71.2 Å². The molecule has 158 valence electrons. The molecular weight excluding hydrogens is 461 g/mol. The highest BCUT2D eigenvalue weighted by Gasteiger charge is 2.16. The number of para-hydroxylation sites is 1. The number of ketones is 2. The van der Waals surface area contributed by atoms with Crippen LogP contribution in [0.2, 0.25) is 0 Å². The number of Topliss-reactive ketones (excluding diaryl/α,β-unsaturated/α-hetero) is 1. The fraction of sp³-hybridized carbons (Fsp3) is 0.130. The van der Waals surface area contributed by atoms with Crippen molar-refractivity contribution in [1.29, 1.82) is 0 Å². The molecule has 8 heteroatoms. The SMILES string of the molecule is Nc1c(CC(=O)COCc2ccc(B(O)O)cc2)cccc1C(=O)c1ccc(Br)cc1. The average molecular weight is 482 g/mol. The van der Waals surface area contributed by atoms with E-state index in [1.54, 1.807) is 66.7 Å². The number of halogens is 1. The lowest BCUT2D eigenvalue weighted by atomic mass is 9.80. The zero-order valence-corrected chi connectivity index (χ0v) is 18.2. The van der Waals surface area contributed by atoms with Gasteiger partial charge in [-0.3, -0.25) is 9.59 Å². The van der Waals surface area contributed by atoms with Gasteiger partial charge in [0.1, 0.15) is 6.61 Å². The highest BCUT2D eigenvalue weighted by Crippen LogP contribution is 2.22. The molecule has 0 radical (unpaired) electrons. The number of rotatable bonds is 9. The van der Waals surface area contributed by atoms with Gasteiger partial charge in [-0.2, -0.15) is 0 Å². The van der Waals surface area contributed by atoms with Gasteiger partial charge >= 0.3 is 7.12 Å². The van der Waals surface area contributed by atoms with Crippen LogP contribution < -0.4 is 11.2 Å². The van der Waals surface area contributed by atoms with E-state index in [-0.39, 0.29) is 31.2 Å². The van der Waals surface area contributed by atoms with E-state index in [1.165, 1.54) is 0 Å². The third-order valence-electron chi connectivity index (χ3n) is 4.74. The van der Waals surface area contributed by atoms with Crippen molar-refractivity contribution in [1.82, 2.24) is 0 Å². The van der Waals surface area contributed by atoms with Gasteiger partial charge in [-0.1, -0.05) is 52.3 Å². The maximum Gasteiger partial charge on any atom is 0.488 e. The molecule has 0 amide bonds. The maximum atomic E-state index is 12.8. The van der Waals surface area contributed by atoms with Crippen LogP contribution >= 0.6 is 15.9 Å². The summed E-state index contributed by atoms with van der Waals surface area (Å²) in [6, 6.07) is 18.7. The van der Waals surface area contributed by atoms with Gasteiger partial charge in [-0.05, 0) is 46.9 Å². The van der Waals surface area contributed by atoms with Gasteiger partial charge in [-0.15, -0.1) is 0 Å². The predicted molar refractivity (Wildman–Crippen MR) is 123 cm³/mol. The fourth-order valence-electron chi connectivity index (χ4n) is 3.05. The summed E-state index contributed by atoms with van der Waals surface area (Å²) in [5.74, 6) is -0.366. The smallest absolute Gasteiger partial charge is 0.423 e. The Morgan fingerprint density at radius 1 is 0.968 bits per heavy atom. The molecule has 31 heavy (non-hydrogen) atoms. The monoisotopic (exact) mass is 481 g/mol. The largest absolute Gasteiger partial charge is 0.488 e. The number of benzene rings is 3. The van der Waals surface area contributed by atoms with Gasteiger partial charge in [-0.25, -0.2) is 0 Å². The first-order chi connectivity index (χ1) is 14.8. The Morgan fingerprint density at radius 2 is 1.65 bits per heavy atom. The number of nitrogens with two attached hydrogens (primary N) is 1. The molecule has 0 saturated carbocycles. The second-order valence-corrected chi connectivity index (χ2v) is 7.95. The van der Waals surface area contributed by atoms with Crippen LogP contribution in [-0.4, -0.2) is 35.3 Å². The van der Waals surface area contributed by atoms with E-state index >= 15 is 0 Å². The van der Waals surface area contributed by atoms with Crippen molar-refractivity contribution in [2.24, 2.45) is 0 Å². The van der Waals surface area contributed by atoms with Crippen LogP contribution in [0.5, 0.6) is 0 Å². The average Bonchev–Trinajstić information content (AvgIpc) is 2.75. The van der Waals surface area contributed by atoms with Crippen molar-refractivity contribution < 1.29 is 24.4 Å². The van der Waals surface area contributed by atoms with Crippen molar-refractivity contribution in [2.75, 3.05) is 12.3 Å². The van der Waals surface area contributed by atoms with Crippen molar-refractivity contribution in [3.8, 4) is 0 Å². The lowest BCUT2D eigenvalue weighted by molar-refractivity contribution is -0.123. The highest BCUT2D eigenvalue weighted by atomic mass is 79.9. The Bertz CT molecular complexity index is 1070. The molecule has 4 N–H and O–H groups in total. The molecule has 0 fully saturated rings. The van der Waals surface area contributed by atoms with Gasteiger partial charge in [0.05, 0.1) is 6.61 Å². The van der Waals surface area contributed by atoms with Crippen molar-refractivity contribution >= 4 is 45.8 Å². The number of anilines is 1. The molecule has 0 aliphatic heterocycles. The van der Waals surface area contributed by atoms with Crippen molar-refractivity contribution in [3.63, 3.8) is 0 Å². The first kappa shape index (κ1) is 22.9. The van der Waals surface area contributed by atoms with Crippen LogP contribution in [0.1, 0.15) is 27.0 Å². The summed E-state index contributed by atoms with van der Waals surface area (Å²) in [4.78, 5) is 25.1. The number of ether oxygens (including phenoxy) is 1. The van der Waals surface area contributed by atoms with Gasteiger partial charge in [0.25, 0.3) is 0 Å². The number of carbonyl (C=O) groups excluding carboxylic acids is 2. The fourth-order valence-corrected chi connectivity index (χ4v) is 3.32. The third kappa shape index (κ3) is 6.12. The molecule has 3 aromatic rings. The molecule has 0 bridgehead atoms. The van der Waals surface area contributed by atoms with Crippen molar-refractivity contribution in [3.05, 3.63) is 93.5 Å². The van der Waals surface area contributed by atoms with Crippen LogP contribution in [0, 0.1) is 0 Å². The van der Waals surface area contributed by atoms with Crippen LogP contribution in [-0.2, 0) is 22.6 Å². The minimum Gasteiger partial charge on any atom is -0.423 e. The molecule has 0 aliphatic rings. The van der Waals surface area contributed by atoms with Gasteiger partial charge in [0.15, 0.2) is 11.6 Å². The predicted octanol–water partition coefficient (Wildman–Crippen LogP) is 2.27. The Labute approximate surface area is 188 Å². The molecule has 0 aromatic heterocycles. The molecule has 3 rings (SSSR count). The van der Waals surface area contributed by atoms with Gasteiger partial charge in [0, 0.05) is 27.7 Å². The second-order valence-electron chi connectivity index (χ2n) is 7.04. The molecule has 3 aromatic carbocycles. The lowest BCUT2D eigenvalue weighted by Crippen LogP contribution is -2.29. The van der Waals surface area contributed by atoms with Crippen molar-refractivity contribution in [2.45, 2.75) is 13.0 Å². The summed E-state index contributed by atoms with van der Waals surface area (Å²) in [5.41, 5.74) is 9.13. The first-order valence-electron chi connectivity index (χ1n) is 9.57. The van der Waals surface area contributed by atoms with Crippen LogP contribution in [0.4, 0.5) is 5.69 Å². The zero-order valence-electron chi connectivity index (χ0n) is 16.6. The highest BCUT2D eigenvalue weighted by molar-refractivity contribution is 9.10. The minimum atomic E-state index is -1.52. The Balaban J connectivity index is 1.59. The Hall–Kier alpha value is -2.78. The van der Waals surface area contributed by atoms with E-state index in [4.69, 9.17) is 20.5 Å². The van der Waals surface area contributed by atoms with Crippen LogP contribution in [0.3, 0.4) is 0 Å². The first-order valence-corrected chi connectivity index (χ1v) is 10.4. The molecule has 0 saturated heterocycles. The summed E-state index contributed by atoms with van der Waals surface area (Å²) in [6.07, 6.45) is 0.0585. The normalized spacial score (nSPS) is 10.7. The summed E-state index contributed by atoms with van der Waals surface area (Å²) in [5, 5.41) is 18.2. The topological polar surface area (TPSA) is 110 Å². The molecule has 0 heterocycles. The zero-order chi connectivity index (χ0) is 22.4. The number of carbonyl (C=O) groups is 2. The Kier molecular flexibility index (Phi) is 7.76. The minimum absolute atomic E-state index is 0.0585. The van der Waals surface area contributed by atoms with E-state index in [2.05, 4.69) is 15.9 Å². The standard InChI is InChI=1S/C23H21BBrNO5/c25-19-10-6-16(7-11-19)23(28)21-3-1-2-17(22(21)26)12-20(27)14-31-13-15-4-8-18(9-5-15)24(29)30/h1-11,29-30H,12-14,26H2. The molecule has 0 unspecified atom stereocenters. The van der Waals surface area contributed by atoms with Gasteiger partial charge in [0.2, 0.25) is 0 Å². The van der Waals surface area contributed by atoms with E-state index in [0.29, 0.717) is 27.8 Å². The summed E-state index contributed by atoms with van der Waals surface area (Å²) < 4.78 is 6.34. The van der Waals surface area contributed by atoms with Crippen LogP contribution in [0.25, 0.3) is 0 Å². The van der Waals surface area contributed by atoms with E-state index in [0.717, 1.165) is 10.0 Å². The molecule has 0 spiro atoms. The molecular formula is C23H21BBrNO5. The summed E-state index contributed by atoms with van der Waals surface area (Å²) in [6.45, 7) is 0.111. The lowest BCUT2D eigenvalue weighted by Gasteiger charge is -2.11. The summed E-state index contributed by atoms with van der Waals surface area (Å²) in [7, 11) is -1.52. The van der Waals surface area contributed by atoms with E-state index in [1.807, 2.05) is 0 Å². The van der Waals surface area contributed by atoms with Gasteiger partial charge < -0.3 is 20.5 Å². The Morgan fingerprint density at radius 3 is 2.29 bits per heavy atom. The number of hydrogen-bond acceptors (Lipinski definition) is 6. The second kappa shape index (κ2) is 10.5. The molecule has 0 aliphatic carbocycles.